The van der Waals surface area contributed by atoms with Crippen molar-refractivity contribution in [1.29, 1.82) is 0 Å². The van der Waals surface area contributed by atoms with E-state index in [1.807, 2.05) is 33.8 Å². The lowest BCUT2D eigenvalue weighted by Gasteiger charge is -2.31. The van der Waals surface area contributed by atoms with Crippen molar-refractivity contribution in [3.63, 3.8) is 0 Å². The number of nitrogens with one attached hydrogen (secondary N) is 1. The first kappa shape index (κ1) is 13.6. The molecule has 1 aliphatic heterocycles. The van der Waals surface area contributed by atoms with Crippen LogP contribution in [0.4, 0.5) is 0 Å². The average Bonchev–Trinajstić information content (AvgIpc) is 2.81. The first-order valence-electron chi connectivity index (χ1n) is 6.96. The van der Waals surface area contributed by atoms with Gasteiger partial charge in [0.15, 0.2) is 0 Å². The van der Waals surface area contributed by atoms with Crippen LogP contribution in [0.15, 0.2) is 40.1 Å². The van der Waals surface area contributed by atoms with Gasteiger partial charge in [-0.15, -0.1) is 0 Å². The second-order valence-electron chi connectivity index (χ2n) is 5.21. The van der Waals surface area contributed by atoms with Crippen molar-refractivity contribution in [2.24, 2.45) is 0 Å². The van der Waals surface area contributed by atoms with Crippen molar-refractivity contribution in [2.75, 3.05) is 19.6 Å². The summed E-state index contributed by atoms with van der Waals surface area (Å²) in [4.78, 5) is 19.4. The van der Waals surface area contributed by atoms with Crippen LogP contribution in [-0.4, -0.2) is 34.1 Å². The summed E-state index contributed by atoms with van der Waals surface area (Å²) in [6.07, 6.45) is 4.16. The molecule has 2 aromatic rings. The Morgan fingerprint density at radius 3 is 2.80 bits per heavy atom. The maximum atomic E-state index is 12.2. The molecule has 0 radical (unpaired) electrons. The Morgan fingerprint density at radius 1 is 1.30 bits per heavy atom. The van der Waals surface area contributed by atoms with E-state index in [0.29, 0.717) is 6.04 Å². The van der Waals surface area contributed by atoms with Gasteiger partial charge in [-0.05, 0) is 30.0 Å². The Balaban J connectivity index is 1.80. The van der Waals surface area contributed by atoms with Crippen LogP contribution in [0.25, 0.3) is 11.0 Å². The molecule has 3 rings (SSSR count). The third-order valence-electron chi connectivity index (χ3n) is 4.00. The minimum Gasteiger partial charge on any atom is -0.306 e. The van der Waals surface area contributed by atoms with Crippen LogP contribution in [0, 0.1) is 0 Å². The fraction of sp³-hybridized carbons (Fsp3) is 0.400. The van der Waals surface area contributed by atoms with E-state index in [-0.39, 0.29) is 5.69 Å². The molecule has 0 unspecified atom stereocenters. The molecule has 0 saturated carbocycles. The lowest BCUT2D eigenvalue weighted by atomic mass is 10.0. The summed E-state index contributed by atoms with van der Waals surface area (Å²) in [5.74, 6) is 0. The number of rotatable bonds is 3. The van der Waals surface area contributed by atoms with E-state index < -0.39 is 0 Å². The van der Waals surface area contributed by atoms with E-state index >= 15 is 0 Å². The molecular formula is C15H18BrN3O. The molecule has 1 aliphatic rings. The van der Waals surface area contributed by atoms with Crippen LogP contribution in [-0.2, 0) is 0 Å². The number of halogens is 1. The summed E-state index contributed by atoms with van der Waals surface area (Å²) >= 11 is 3.30. The maximum Gasteiger partial charge on any atom is 0.326 e. The van der Waals surface area contributed by atoms with Crippen molar-refractivity contribution >= 4 is 27.0 Å². The van der Waals surface area contributed by atoms with E-state index in [1.54, 1.807) is 0 Å². The summed E-state index contributed by atoms with van der Waals surface area (Å²) in [5, 5.41) is 0. The van der Waals surface area contributed by atoms with Gasteiger partial charge in [0.2, 0.25) is 0 Å². The monoisotopic (exact) mass is 335 g/mol. The highest BCUT2D eigenvalue weighted by Crippen LogP contribution is 2.24. The van der Waals surface area contributed by atoms with Gasteiger partial charge in [0, 0.05) is 25.7 Å². The van der Waals surface area contributed by atoms with E-state index in [1.165, 1.54) is 0 Å². The highest BCUT2D eigenvalue weighted by atomic mass is 79.9. The Morgan fingerprint density at radius 2 is 2.05 bits per heavy atom. The molecule has 0 spiro atoms. The second-order valence-corrected chi connectivity index (χ2v) is 5.74. The normalized spacial score (nSPS) is 18.2. The summed E-state index contributed by atoms with van der Waals surface area (Å²) in [6.45, 7) is 3.04. The standard InChI is InChI=1S/C15H18BrN3O/c16-8-3-9-18-10-6-12(7-11-18)19-14-5-2-1-4-13(14)17-15(19)20/h1-5,8,12H,6-7,9-11H2,(H,17,20)/b8-3+. The first-order valence-corrected chi connectivity index (χ1v) is 7.88. The zero-order valence-electron chi connectivity index (χ0n) is 11.3. The third kappa shape index (κ3) is 2.60. The summed E-state index contributed by atoms with van der Waals surface area (Å²) < 4.78 is 1.94. The number of imidazole rings is 1. The van der Waals surface area contributed by atoms with Gasteiger partial charge in [-0.3, -0.25) is 9.47 Å². The smallest absolute Gasteiger partial charge is 0.306 e. The maximum absolute atomic E-state index is 12.2. The molecule has 1 aromatic carbocycles. The summed E-state index contributed by atoms with van der Waals surface area (Å²) in [5.41, 5.74) is 1.98. The number of H-pyrrole nitrogens is 1. The van der Waals surface area contributed by atoms with Gasteiger partial charge >= 0.3 is 5.69 Å². The molecule has 1 fully saturated rings. The van der Waals surface area contributed by atoms with Gasteiger partial charge in [0.1, 0.15) is 0 Å². The van der Waals surface area contributed by atoms with Gasteiger partial charge in [-0.1, -0.05) is 34.1 Å². The lowest BCUT2D eigenvalue weighted by molar-refractivity contribution is 0.203. The second kappa shape index (κ2) is 5.97. The molecule has 1 aromatic heterocycles. The summed E-state index contributed by atoms with van der Waals surface area (Å²) in [6, 6.07) is 8.23. The molecule has 4 nitrogen and oxygen atoms in total. The van der Waals surface area contributed by atoms with Gasteiger partial charge in [-0.2, -0.15) is 0 Å². The molecule has 0 atom stereocenters. The van der Waals surface area contributed by atoms with Crippen LogP contribution in [0.1, 0.15) is 18.9 Å². The number of piperidine rings is 1. The average molecular weight is 336 g/mol. The minimum atomic E-state index is 0.0185. The Labute approximate surface area is 126 Å². The molecule has 106 valence electrons. The molecular weight excluding hydrogens is 318 g/mol. The Hall–Kier alpha value is -1.33. The molecule has 1 saturated heterocycles. The van der Waals surface area contributed by atoms with Gasteiger partial charge in [0.25, 0.3) is 0 Å². The van der Waals surface area contributed by atoms with Crippen LogP contribution >= 0.6 is 15.9 Å². The zero-order chi connectivity index (χ0) is 13.9. The largest absolute Gasteiger partial charge is 0.326 e. The third-order valence-corrected chi connectivity index (χ3v) is 4.37. The SMILES string of the molecule is O=c1[nH]c2ccccc2n1C1CCN(C/C=C/Br)CC1. The molecule has 5 heteroatoms. The molecule has 0 amide bonds. The number of likely N-dealkylation sites (tertiary alicyclic amines) is 1. The van der Waals surface area contributed by atoms with Crippen LogP contribution < -0.4 is 5.69 Å². The van der Waals surface area contributed by atoms with Gasteiger partial charge in [-0.25, -0.2) is 4.79 Å². The first-order chi connectivity index (χ1) is 9.79. The Bertz CT molecular complexity index is 665. The van der Waals surface area contributed by atoms with Crippen molar-refractivity contribution in [3.05, 3.63) is 45.8 Å². The number of benzene rings is 1. The predicted molar refractivity (Wildman–Crippen MR) is 85.3 cm³/mol. The van der Waals surface area contributed by atoms with Crippen LogP contribution in [0.2, 0.25) is 0 Å². The van der Waals surface area contributed by atoms with Crippen LogP contribution in [0.3, 0.4) is 0 Å². The number of fused-ring (bicyclic) bond motifs is 1. The van der Waals surface area contributed by atoms with Crippen molar-refractivity contribution in [2.45, 2.75) is 18.9 Å². The van der Waals surface area contributed by atoms with Gasteiger partial charge in [0.05, 0.1) is 11.0 Å². The van der Waals surface area contributed by atoms with E-state index in [0.717, 1.165) is 43.5 Å². The molecule has 20 heavy (non-hydrogen) atoms. The fourth-order valence-corrected chi connectivity index (χ4v) is 3.15. The number of aromatic nitrogens is 2. The van der Waals surface area contributed by atoms with Crippen LogP contribution in [0.5, 0.6) is 0 Å². The highest BCUT2D eigenvalue weighted by molar-refractivity contribution is 9.11. The zero-order valence-corrected chi connectivity index (χ0v) is 12.8. The predicted octanol–water partition coefficient (Wildman–Crippen LogP) is 2.88. The molecule has 0 bridgehead atoms. The fourth-order valence-electron chi connectivity index (χ4n) is 2.99. The quantitative estimate of drug-likeness (QED) is 0.936. The number of para-hydroxylation sites is 2. The number of nitrogens with zero attached hydrogens (tertiary/aromatic N) is 2. The topological polar surface area (TPSA) is 41.0 Å². The van der Waals surface area contributed by atoms with Crippen molar-refractivity contribution in [1.82, 2.24) is 14.5 Å². The molecule has 1 N–H and O–H groups in total. The highest BCUT2D eigenvalue weighted by Gasteiger charge is 2.22. The van der Waals surface area contributed by atoms with Gasteiger partial charge < -0.3 is 4.98 Å². The molecule has 0 aliphatic carbocycles. The summed E-state index contributed by atoms with van der Waals surface area (Å²) in [7, 11) is 0. The molecule has 2 heterocycles. The number of hydrogen-bond acceptors (Lipinski definition) is 2. The van der Waals surface area contributed by atoms with Crippen molar-refractivity contribution < 1.29 is 0 Å². The van der Waals surface area contributed by atoms with E-state index in [9.17, 15) is 4.79 Å². The van der Waals surface area contributed by atoms with Crippen molar-refractivity contribution in [3.8, 4) is 0 Å². The number of aromatic amines is 1. The number of hydrogen-bond donors (Lipinski definition) is 1. The van der Waals surface area contributed by atoms with E-state index in [4.69, 9.17) is 0 Å². The minimum absolute atomic E-state index is 0.0185. The lowest BCUT2D eigenvalue weighted by Crippen LogP contribution is -2.37. The van der Waals surface area contributed by atoms with E-state index in [2.05, 4.69) is 31.9 Å². The Kier molecular flexibility index (Phi) is 4.08.